The molecule has 0 aliphatic heterocycles. The van der Waals surface area contributed by atoms with E-state index in [4.69, 9.17) is 0 Å². The summed E-state index contributed by atoms with van der Waals surface area (Å²) in [6.07, 6.45) is 5.56. The SMILES string of the molecule is CSc1ccc(/C=C/C(=O)c2ccc(C(C)(C)C)cc2)cc1. The third kappa shape index (κ3) is 4.35. The Balaban J connectivity index is 2.09. The van der Waals surface area contributed by atoms with Crippen molar-refractivity contribution in [2.75, 3.05) is 6.26 Å². The van der Waals surface area contributed by atoms with E-state index in [1.54, 1.807) is 17.8 Å². The lowest BCUT2D eigenvalue weighted by molar-refractivity contribution is 0.104. The highest BCUT2D eigenvalue weighted by Gasteiger charge is 2.13. The highest BCUT2D eigenvalue weighted by atomic mass is 32.2. The highest BCUT2D eigenvalue weighted by molar-refractivity contribution is 7.98. The van der Waals surface area contributed by atoms with Crippen LogP contribution in [0, 0.1) is 0 Å². The lowest BCUT2D eigenvalue weighted by Gasteiger charge is -2.18. The molecule has 2 aromatic rings. The van der Waals surface area contributed by atoms with Crippen LogP contribution in [0.1, 0.15) is 42.3 Å². The molecule has 0 N–H and O–H groups in total. The lowest BCUT2D eigenvalue weighted by atomic mass is 9.86. The first-order valence-electron chi connectivity index (χ1n) is 7.37. The van der Waals surface area contributed by atoms with E-state index in [0.29, 0.717) is 0 Å². The number of ketones is 1. The number of rotatable bonds is 4. The van der Waals surface area contributed by atoms with E-state index in [2.05, 4.69) is 39.2 Å². The smallest absolute Gasteiger partial charge is 0.185 e. The average molecular weight is 310 g/mol. The Morgan fingerprint density at radius 1 is 0.955 bits per heavy atom. The minimum Gasteiger partial charge on any atom is -0.289 e. The van der Waals surface area contributed by atoms with E-state index in [9.17, 15) is 4.79 Å². The van der Waals surface area contributed by atoms with Crippen LogP contribution in [0.4, 0.5) is 0 Å². The number of carbonyl (C=O) groups excluding carboxylic acids is 1. The molecule has 0 saturated carbocycles. The van der Waals surface area contributed by atoms with Gasteiger partial charge in [-0.05, 0) is 41.0 Å². The lowest BCUT2D eigenvalue weighted by Crippen LogP contribution is -2.11. The highest BCUT2D eigenvalue weighted by Crippen LogP contribution is 2.22. The van der Waals surface area contributed by atoms with Crippen molar-refractivity contribution in [1.82, 2.24) is 0 Å². The second-order valence-corrected chi connectivity index (χ2v) is 7.18. The van der Waals surface area contributed by atoms with E-state index in [1.165, 1.54) is 10.5 Å². The summed E-state index contributed by atoms with van der Waals surface area (Å²) in [6.45, 7) is 6.51. The van der Waals surface area contributed by atoms with Gasteiger partial charge in [-0.1, -0.05) is 63.2 Å². The summed E-state index contributed by atoms with van der Waals surface area (Å²) < 4.78 is 0. The van der Waals surface area contributed by atoms with Crippen LogP contribution in [0.5, 0.6) is 0 Å². The van der Waals surface area contributed by atoms with E-state index in [-0.39, 0.29) is 11.2 Å². The molecule has 0 radical (unpaired) electrons. The van der Waals surface area contributed by atoms with Crippen LogP contribution in [0.15, 0.2) is 59.5 Å². The number of allylic oxidation sites excluding steroid dienone is 1. The maximum atomic E-state index is 12.2. The van der Waals surface area contributed by atoms with Crippen LogP contribution in [0.25, 0.3) is 6.08 Å². The standard InChI is InChI=1S/C20H22OS/c1-20(2,3)17-10-8-16(9-11-17)19(21)14-7-15-5-12-18(22-4)13-6-15/h5-14H,1-4H3/b14-7+. The number of benzene rings is 2. The van der Waals surface area contributed by atoms with Crippen molar-refractivity contribution in [2.24, 2.45) is 0 Å². The van der Waals surface area contributed by atoms with Gasteiger partial charge in [-0.3, -0.25) is 4.79 Å². The van der Waals surface area contributed by atoms with Gasteiger partial charge in [-0.15, -0.1) is 11.8 Å². The first kappa shape index (κ1) is 16.6. The molecule has 0 aliphatic rings. The molecule has 0 heterocycles. The fraction of sp³-hybridized carbons (Fsp3) is 0.250. The molecule has 0 spiro atoms. The molecule has 2 aromatic carbocycles. The molecule has 2 rings (SSSR count). The monoisotopic (exact) mass is 310 g/mol. The molecule has 0 aromatic heterocycles. The summed E-state index contributed by atoms with van der Waals surface area (Å²) >= 11 is 1.71. The largest absolute Gasteiger partial charge is 0.289 e. The number of hydrogen-bond acceptors (Lipinski definition) is 2. The van der Waals surface area contributed by atoms with Gasteiger partial charge >= 0.3 is 0 Å². The zero-order valence-corrected chi connectivity index (χ0v) is 14.4. The summed E-state index contributed by atoms with van der Waals surface area (Å²) in [5.41, 5.74) is 3.11. The van der Waals surface area contributed by atoms with Gasteiger partial charge in [0, 0.05) is 10.5 Å². The van der Waals surface area contributed by atoms with Gasteiger partial charge in [-0.25, -0.2) is 0 Å². The van der Waals surface area contributed by atoms with Gasteiger partial charge in [-0.2, -0.15) is 0 Å². The first-order valence-corrected chi connectivity index (χ1v) is 8.59. The van der Waals surface area contributed by atoms with Gasteiger partial charge in [0.2, 0.25) is 0 Å². The van der Waals surface area contributed by atoms with Crippen LogP contribution in [-0.2, 0) is 5.41 Å². The molecule has 114 valence electrons. The zero-order chi connectivity index (χ0) is 16.2. The molecule has 2 heteroatoms. The normalized spacial score (nSPS) is 11.8. The van der Waals surface area contributed by atoms with Gasteiger partial charge in [0.15, 0.2) is 5.78 Å². The Kier molecular flexibility index (Phi) is 5.25. The predicted molar refractivity (Wildman–Crippen MR) is 96.7 cm³/mol. The van der Waals surface area contributed by atoms with Gasteiger partial charge in [0.05, 0.1) is 0 Å². The minimum atomic E-state index is 0.0365. The van der Waals surface area contributed by atoms with Crippen molar-refractivity contribution in [2.45, 2.75) is 31.1 Å². The molecule has 22 heavy (non-hydrogen) atoms. The second kappa shape index (κ2) is 6.97. The van der Waals surface area contributed by atoms with E-state index in [0.717, 1.165) is 11.1 Å². The second-order valence-electron chi connectivity index (χ2n) is 6.30. The molecule has 0 fully saturated rings. The molecule has 0 amide bonds. The third-order valence-corrected chi connectivity index (χ3v) is 4.32. The Bertz CT molecular complexity index is 658. The molecule has 1 nitrogen and oxygen atoms in total. The Morgan fingerprint density at radius 2 is 1.55 bits per heavy atom. The van der Waals surface area contributed by atoms with Gasteiger partial charge < -0.3 is 0 Å². The van der Waals surface area contributed by atoms with Crippen molar-refractivity contribution in [3.05, 3.63) is 71.3 Å². The minimum absolute atomic E-state index is 0.0365. The molecular weight excluding hydrogens is 288 g/mol. The van der Waals surface area contributed by atoms with Crippen molar-refractivity contribution in [3.63, 3.8) is 0 Å². The van der Waals surface area contributed by atoms with Gasteiger partial charge in [0.1, 0.15) is 0 Å². The summed E-state index contributed by atoms with van der Waals surface area (Å²) in [7, 11) is 0. The van der Waals surface area contributed by atoms with Crippen LogP contribution in [-0.4, -0.2) is 12.0 Å². The van der Waals surface area contributed by atoms with Crippen LogP contribution in [0.3, 0.4) is 0 Å². The van der Waals surface area contributed by atoms with Crippen LogP contribution >= 0.6 is 11.8 Å². The van der Waals surface area contributed by atoms with Crippen molar-refractivity contribution >= 4 is 23.6 Å². The van der Waals surface area contributed by atoms with Crippen molar-refractivity contribution in [3.8, 4) is 0 Å². The van der Waals surface area contributed by atoms with Crippen molar-refractivity contribution < 1.29 is 4.79 Å². The fourth-order valence-electron chi connectivity index (χ4n) is 2.12. The summed E-state index contributed by atoms with van der Waals surface area (Å²) in [5.74, 6) is 0.0365. The third-order valence-electron chi connectivity index (χ3n) is 3.58. The number of hydrogen-bond donors (Lipinski definition) is 0. The molecule has 0 bridgehead atoms. The molecular formula is C20H22OS. The van der Waals surface area contributed by atoms with Gasteiger partial charge in [0.25, 0.3) is 0 Å². The topological polar surface area (TPSA) is 17.1 Å². The molecule has 0 saturated heterocycles. The molecule has 0 unspecified atom stereocenters. The fourth-order valence-corrected chi connectivity index (χ4v) is 2.53. The quantitative estimate of drug-likeness (QED) is 0.415. The maximum absolute atomic E-state index is 12.2. The number of thioether (sulfide) groups is 1. The Labute approximate surface area is 137 Å². The Hall–Kier alpha value is -1.80. The maximum Gasteiger partial charge on any atom is 0.185 e. The number of carbonyl (C=O) groups is 1. The molecule has 0 aliphatic carbocycles. The first-order chi connectivity index (χ1) is 10.4. The predicted octanol–water partition coefficient (Wildman–Crippen LogP) is 5.60. The average Bonchev–Trinajstić information content (AvgIpc) is 2.52. The summed E-state index contributed by atoms with van der Waals surface area (Å²) in [4.78, 5) is 13.4. The summed E-state index contributed by atoms with van der Waals surface area (Å²) in [6, 6.07) is 16.1. The van der Waals surface area contributed by atoms with Crippen LogP contribution < -0.4 is 0 Å². The van der Waals surface area contributed by atoms with Crippen LogP contribution in [0.2, 0.25) is 0 Å². The van der Waals surface area contributed by atoms with E-state index >= 15 is 0 Å². The Morgan fingerprint density at radius 3 is 2.05 bits per heavy atom. The van der Waals surface area contributed by atoms with Crippen molar-refractivity contribution in [1.29, 1.82) is 0 Å². The van der Waals surface area contributed by atoms with E-state index in [1.807, 2.05) is 42.5 Å². The summed E-state index contributed by atoms with van der Waals surface area (Å²) in [5, 5.41) is 0. The molecule has 0 atom stereocenters. The zero-order valence-electron chi connectivity index (χ0n) is 13.6. The van der Waals surface area contributed by atoms with E-state index < -0.39 is 0 Å².